The van der Waals surface area contributed by atoms with Crippen molar-refractivity contribution in [2.75, 3.05) is 11.9 Å². The first-order valence-electron chi connectivity index (χ1n) is 6.87. The van der Waals surface area contributed by atoms with Crippen molar-refractivity contribution in [2.24, 2.45) is 0 Å². The maximum atomic E-state index is 12.3. The number of rotatable bonds is 5. The fourth-order valence-electron chi connectivity index (χ4n) is 1.85. The van der Waals surface area contributed by atoms with E-state index in [1.54, 1.807) is 0 Å². The van der Waals surface area contributed by atoms with Gasteiger partial charge in [-0.3, -0.25) is 4.79 Å². The minimum absolute atomic E-state index is 0.170. The first-order valence-corrected chi connectivity index (χ1v) is 7.63. The first kappa shape index (κ1) is 16.6. The monoisotopic (exact) mass is 338 g/mol. The summed E-state index contributed by atoms with van der Waals surface area (Å²) in [5, 5.41) is 3.15. The van der Waals surface area contributed by atoms with Crippen molar-refractivity contribution in [2.45, 2.75) is 20.3 Å². The van der Waals surface area contributed by atoms with Crippen molar-refractivity contribution < 1.29 is 9.53 Å². The molecule has 1 aromatic heterocycles. The summed E-state index contributed by atoms with van der Waals surface area (Å²) in [6.45, 7) is 4.57. The SMILES string of the molecule is CCCOc1cc(C)ccc1NC(=O)c1cc(Cl)nc(Cl)c1. The lowest BCUT2D eigenvalue weighted by Gasteiger charge is -2.13. The van der Waals surface area contributed by atoms with E-state index in [2.05, 4.69) is 10.3 Å². The van der Waals surface area contributed by atoms with E-state index in [9.17, 15) is 4.79 Å². The van der Waals surface area contributed by atoms with E-state index < -0.39 is 0 Å². The molecule has 0 unspecified atom stereocenters. The number of benzene rings is 1. The number of hydrogen-bond acceptors (Lipinski definition) is 3. The Bertz CT molecular complexity index is 670. The lowest BCUT2D eigenvalue weighted by molar-refractivity contribution is 0.102. The van der Waals surface area contributed by atoms with Crippen LogP contribution in [0.2, 0.25) is 10.3 Å². The third-order valence-electron chi connectivity index (χ3n) is 2.87. The van der Waals surface area contributed by atoms with Crippen LogP contribution in [0.1, 0.15) is 29.3 Å². The highest BCUT2D eigenvalue weighted by Crippen LogP contribution is 2.27. The maximum Gasteiger partial charge on any atom is 0.255 e. The Kier molecular flexibility index (Phi) is 5.63. The van der Waals surface area contributed by atoms with Crippen LogP contribution in [-0.4, -0.2) is 17.5 Å². The molecular weight excluding hydrogens is 323 g/mol. The molecule has 0 radical (unpaired) electrons. The molecule has 0 saturated heterocycles. The van der Waals surface area contributed by atoms with Crippen molar-refractivity contribution in [3.05, 3.63) is 51.8 Å². The van der Waals surface area contributed by atoms with Crippen LogP contribution >= 0.6 is 23.2 Å². The van der Waals surface area contributed by atoms with Gasteiger partial charge in [0.05, 0.1) is 12.3 Å². The summed E-state index contributed by atoms with van der Waals surface area (Å²) in [6.07, 6.45) is 0.886. The quantitative estimate of drug-likeness (QED) is 0.801. The summed E-state index contributed by atoms with van der Waals surface area (Å²) in [6, 6.07) is 8.52. The molecule has 2 aromatic rings. The van der Waals surface area contributed by atoms with Gasteiger partial charge >= 0.3 is 0 Å². The molecule has 22 heavy (non-hydrogen) atoms. The van der Waals surface area contributed by atoms with Crippen molar-refractivity contribution in [3.63, 3.8) is 0 Å². The average Bonchev–Trinajstić information content (AvgIpc) is 2.46. The molecule has 1 heterocycles. The molecule has 0 atom stereocenters. The largest absolute Gasteiger partial charge is 0.491 e. The molecular formula is C16H16Cl2N2O2. The number of nitrogens with one attached hydrogen (secondary N) is 1. The van der Waals surface area contributed by atoms with E-state index in [-0.39, 0.29) is 16.2 Å². The first-order chi connectivity index (χ1) is 10.5. The Hall–Kier alpha value is -1.78. The van der Waals surface area contributed by atoms with E-state index in [4.69, 9.17) is 27.9 Å². The minimum atomic E-state index is -0.323. The summed E-state index contributed by atoms with van der Waals surface area (Å²) in [5.74, 6) is 0.317. The Morgan fingerprint density at radius 1 is 1.23 bits per heavy atom. The minimum Gasteiger partial charge on any atom is -0.491 e. The molecule has 0 aliphatic heterocycles. The number of aromatic nitrogens is 1. The highest BCUT2D eigenvalue weighted by atomic mass is 35.5. The zero-order valence-corrected chi connectivity index (χ0v) is 13.8. The van der Waals surface area contributed by atoms with Crippen molar-refractivity contribution >= 4 is 34.8 Å². The Balaban J connectivity index is 2.23. The second-order valence-electron chi connectivity index (χ2n) is 4.80. The van der Waals surface area contributed by atoms with Crippen molar-refractivity contribution in [1.82, 2.24) is 4.98 Å². The van der Waals surface area contributed by atoms with Crippen LogP contribution in [0.15, 0.2) is 30.3 Å². The summed E-state index contributed by atoms with van der Waals surface area (Å²) < 4.78 is 5.67. The number of nitrogens with zero attached hydrogens (tertiary/aromatic N) is 1. The van der Waals surface area contributed by atoms with Gasteiger partial charge in [0.25, 0.3) is 5.91 Å². The topological polar surface area (TPSA) is 51.2 Å². The number of carbonyl (C=O) groups is 1. The molecule has 0 aliphatic rings. The molecule has 0 aliphatic carbocycles. The molecule has 2 rings (SSSR count). The van der Waals surface area contributed by atoms with Crippen LogP contribution in [0.4, 0.5) is 5.69 Å². The number of ether oxygens (including phenoxy) is 1. The summed E-state index contributed by atoms with van der Waals surface area (Å²) in [4.78, 5) is 16.1. The zero-order chi connectivity index (χ0) is 16.1. The number of pyridine rings is 1. The van der Waals surface area contributed by atoms with Gasteiger partial charge < -0.3 is 10.1 Å². The molecule has 0 saturated carbocycles. The van der Waals surface area contributed by atoms with Gasteiger partial charge in [-0.15, -0.1) is 0 Å². The van der Waals surface area contributed by atoms with Crippen LogP contribution in [0.25, 0.3) is 0 Å². The maximum absolute atomic E-state index is 12.3. The molecule has 6 heteroatoms. The number of halogens is 2. The van der Waals surface area contributed by atoms with Gasteiger partial charge in [-0.1, -0.05) is 36.2 Å². The summed E-state index contributed by atoms with van der Waals surface area (Å²) in [7, 11) is 0. The average molecular weight is 339 g/mol. The Morgan fingerprint density at radius 3 is 2.55 bits per heavy atom. The van der Waals surface area contributed by atoms with E-state index in [0.29, 0.717) is 23.6 Å². The van der Waals surface area contributed by atoms with Crippen LogP contribution in [0.3, 0.4) is 0 Å². The normalized spacial score (nSPS) is 10.4. The van der Waals surface area contributed by atoms with Gasteiger partial charge in [0.2, 0.25) is 0 Å². The summed E-state index contributed by atoms with van der Waals surface area (Å²) in [5.41, 5.74) is 2.00. The standard InChI is InChI=1S/C16H16Cl2N2O2/c1-3-6-22-13-7-10(2)4-5-12(13)19-16(21)11-8-14(17)20-15(18)9-11/h4-5,7-9H,3,6H2,1-2H3,(H,19,21). The predicted octanol–water partition coefficient (Wildman–Crippen LogP) is 4.74. The third-order valence-corrected chi connectivity index (χ3v) is 3.26. The van der Waals surface area contributed by atoms with E-state index >= 15 is 0 Å². The predicted molar refractivity (Wildman–Crippen MR) is 89.2 cm³/mol. The van der Waals surface area contributed by atoms with E-state index in [1.165, 1.54) is 12.1 Å². The second kappa shape index (κ2) is 7.47. The fraction of sp³-hybridized carbons (Fsp3) is 0.250. The lowest BCUT2D eigenvalue weighted by Crippen LogP contribution is -2.13. The van der Waals surface area contributed by atoms with Gasteiger partial charge in [0, 0.05) is 5.56 Å². The second-order valence-corrected chi connectivity index (χ2v) is 5.58. The molecule has 0 spiro atoms. The van der Waals surface area contributed by atoms with Gasteiger partial charge in [-0.25, -0.2) is 4.98 Å². The van der Waals surface area contributed by atoms with Gasteiger partial charge in [0.15, 0.2) is 0 Å². The summed E-state index contributed by atoms with van der Waals surface area (Å²) >= 11 is 11.6. The number of anilines is 1. The van der Waals surface area contributed by atoms with Crippen LogP contribution in [-0.2, 0) is 0 Å². The molecule has 0 bridgehead atoms. The number of aryl methyl sites for hydroxylation is 1. The molecule has 1 N–H and O–H groups in total. The van der Waals surface area contributed by atoms with Gasteiger partial charge in [-0.05, 0) is 43.2 Å². The zero-order valence-electron chi connectivity index (χ0n) is 12.3. The fourth-order valence-corrected chi connectivity index (χ4v) is 2.32. The third kappa shape index (κ3) is 4.36. The van der Waals surface area contributed by atoms with Crippen LogP contribution in [0.5, 0.6) is 5.75 Å². The number of carbonyl (C=O) groups excluding carboxylic acids is 1. The van der Waals surface area contributed by atoms with Gasteiger partial charge in [0.1, 0.15) is 16.1 Å². The number of hydrogen-bond donors (Lipinski definition) is 1. The lowest BCUT2D eigenvalue weighted by atomic mass is 10.2. The highest BCUT2D eigenvalue weighted by Gasteiger charge is 2.12. The molecule has 116 valence electrons. The highest BCUT2D eigenvalue weighted by molar-refractivity contribution is 6.33. The number of amides is 1. The van der Waals surface area contributed by atoms with Crippen LogP contribution < -0.4 is 10.1 Å². The van der Waals surface area contributed by atoms with Crippen molar-refractivity contribution in [1.29, 1.82) is 0 Å². The van der Waals surface area contributed by atoms with E-state index in [0.717, 1.165) is 12.0 Å². The van der Waals surface area contributed by atoms with Crippen molar-refractivity contribution in [3.8, 4) is 5.75 Å². The Morgan fingerprint density at radius 2 is 1.91 bits per heavy atom. The molecule has 1 aromatic carbocycles. The van der Waals surface area contributed by atoms with Gasteiger partial charge in [-0.2, -0.15) is 0 Å². The molecule has 4 nitrogen and oxygen atoms in total. The molecule has 0 fully saturated rings. The smallest absolute Gasteiger partial charge is 0.255 e. The molecule has 1 amide bonds. The van der Waals surface area contributed by atoms with Crippen LogP contribution in [0, 0.1) is 6.92 Å². The Labute approximate surface area is 139 Å². The van der Waals surface area contributed by atoms with E-state index in [1.807, 2.05) is 32.0 Å².